The zero-order chi connectivity index (χ0) is 22.5. The van der Waals surface area contributed by atoms with E-state index < -0.39 is 33.8 Å². The third-order valence-corrected chi connectivity index (χ3v) is 21.0. The van der Waals surface area contributed by atoms with Crippen LogP contribution in [0.4, 0.5) is 0 Å². The molecule has 0 saturated carbocycles. The molecule has 0 aromatic heterocycles. The van der Waals surface area contributed by atoms with E-state index in [-0.39, 0.29) is 0 Å². The van der Waals surface area contributed by atoms with Crippen LogP contribution in [0.3, 0.4) is 0 Å². The number of benzene rings is 2. The Labute approximate surface area is 186 Å². The van der Waals surface area contributed by atoms with Gasteiger partial charge in [0.2, 0.25) is 16.6 Å². The SMILES string of the molecule is C=C[Si](C)(O[Si](C)(C)O[Si](C)(C=C)c1ccccc1)O[Si](C)(C=C)c1ccccc1. The lowest BCUT2D eigenvalue weighted by atomic mass is 10.4. The fraction of sp³-hybridized carbons (Fsp3) is 0.217. The van der Waals surface area contributed by atoms with Crippen molar-refractivity contribution >= 4 is 44.1 Å². The Morgan fingerprint density at radius 2 is 0.967 bits per heavy atom. The molecule has 0 aliphatic heterocycles. The van der Waals surface area contributed by atoms with Crippen LogP contribution in [0.2, 0.25) is 32.7 Å². The van der Waals surface area contributed by atoms with Gasteiger partial charge in [0.05, 0.1) is 0 Å². The minimum Gasteiger partial charge on any atom is -0.429 e. The zero-order valence-corrected chi connectivity index (χ0v) is 22.9. The van der Waals surface area contributed by atoms with E-state index in [4.69, 9.17) is 12.3 Å². The molecule has 2 rings (SSSR count). The van der Waals surface area contributed by atoms with E-state index in [0.29, 0.717) is 0 Å². The van der Waals surface area contributed by atoms with E-state index in [9.17, 15) is 0 Å². The van der Waals surface area contributed by atoms with Gasteiger partial charge in [-0.2, -0.15) is 0 Å². The Morgan fingerprint density at radius 1 is 0.567 bits per heavy atom. The van der Waals surface area contributed by atoms with Crippen LogP contribution in [-0.2, 0) is 12.3 Å². The van der Waals surface area contributed by atoms with Crippen molar-refractivity contribution in [3.63, 3.8) is 0 Å². The van der Waals surface area contributed by atoms with E-state index in [2.05, 4.69) is 70.2 Å². The number of rotatable bonds is 11. The Bertz CT molecular complexity index is 875. The average molecular weight is 471 g/mol. The van der Waals surface area contributed by atoms with E-state index >= 15 is 0 Å². The molecule has 0 bridgehead atoms. The van der Waals surface area contributed by atoms with Gasteiger partial charge in [-0.1, -0.05) is 77.8 Å². The minimum absolute atomic E-state index is 1.17. The van der Waals surface area contributed by atoms with Crippen LogP contribution < -0.4 is 10.4 Å². The molecular weight excluding hydrogens is 437 g/mol. The summed E-state index contributed by atoms with van der Waals surface area (Å²) in [4.78, 5) is 0. The summed E-state index contributed by atoms with van der Waals surface area (Å²) in [5, 5.41) is 2.35. The highest BCUT2D eigenvalue weighted by molar-refractivity contribution is 6.99. The lowest BCUT2D eigenvalue weighted by Crippen LogP contribution is -2.62. The number of hydrogen-bond acceptors (Lipinski definition) is 3. The Hall–Kier alpha value is -1.59. The predicted octanol–water partition coefficient (Wildman–Crippen LogP) is 4.95. The molecule has 3 nitrogen and oxygen atoms in total. The first-order chi connectivity index (χ1) is 14.0. The summed E-state index contributed by atoms with van der Waals surface area (Å²) >= 11 is 0. The molecule has 0 amide bonds. The molecule has 0 N–H and O–H groups in total. The maximum absolute atomic E-state index is 6.76. The highest BCUT2D eigenvalue weighted by Gasteiger charge is 2.46. The molecule has 3 atom stereocenters. The minimum atomic E-state index is -2.73. The Kier molecular flexibility index (Phi) is 7.97. The van der Waals surface area contributed by atoms with Crippen LogP contribution in [0.5, 0.6) is 0 Å². The second kappa shape index (κ2) is 9.69. The molecule has 0 fully saturated rings. The van der Waals surface area contributed by atoms with E-state index in [1.54, 1.807) is 0 Å². The summed E-state index contributed by atoms with van der Waals surface area (Å²) in [7, 11) is -10.1. The molecule has 2 aromatic rings. The highest BCUT2D eigenvalue weighted by Crippen LogP contribution is 2.25. The molecule has 30 heavy (non-hydrogen) atoms. The zero-order valence-electron chi connectivity index (χ0n) is 18.9. The quantitative estimate of drug-likeness (QED) is 0.435. The second-order valence-corrected chi connectivity index (χ2v) is 22.4. The van der Waals surface area contributed by atoms with E-state index in [1.807, 2.05) is 60.0 Å². The summed E-state index contributed by atoms with van der Waals surface area (Å²) in [5.74, 6) is 0. The van der Waals surface area contributed by atoms with Crippen LogP contribution in [0.15, 0.2) is 97.5 Å². The Morgan fingerprint density at radius 3 is 1.33 bits per heavy atom. The van der Waals surface area contributed by atoms with Crippen molar-refractivity contribution < 1.29 is 12.3 Å². The standard InChI is InChI=1S/C23H34O3Si4/c1-9-28(6,22-18-14-12-15-19-22)24-27(4,5)25-30(8,11-3)26-29(7,10-2)23-20-16-13-17-21-23/h9-21H,1-3H2,4-8H3. The van der Waals surface area contributed by atoms with Gasteiger partial charge in [-0.3, -0.25) is 0 Å². The summed E-state index contributed by atoms with van der Waals surface area (Å²) < 4.78 is 20.2. The third-order valence-electron chi connectivity index (χ3n) is 5.16. The second-order valence-electron chi connectivity index (χ2n) is 8.28. The highest BCUT2D eigenvalue weighted by atomic mass is 28.5. The predicted molar refractivity (Wildman–Crippen MR) is 138 cm³/mol. The van der Waals surface area contributed by atoms with Gasteiger partial charge in [-0.25, -0.2) is 0 Å². The van der Waals surface area contributed by atoms with Crippen LogP contribution in [0.25, 0.3) is 0 Å². The molecule has 0 aliphatic rings. The molecule has 2 aromatic carbocycles. The van der Waals surface area contributed by atoms with E-state index in [1.165, 1.54) is 10.4 Å². The van der Waals surface area contributed by atoms with Gasteiger partial charge in [-0.05, 0) is 43.1 Å². The van der Waals surface area contributed by atoms with Gasteiger partial charge in [0.25, 0.3) is 0 Å². The van der Waals surface area contributed by atoms with Crippen LogP contribution >= 0.6 is 0 Å². The maximum atomic E-state index is 6.76. The first-order valence-electron chi connectivity index (χ1n) is 10.1. The third kappa shape index (κ3) is 5.98. The lowest BCUT2D eigenvalue weighted by molar-refractivity contribution is 0.341. The smallest absolute Gasteiger partial charge is 0.342 e. The lowest BCUT2D eigenvalue weighted by Gasteiger charge is -2.41. The molecule has 3 unspecified atom stereocenters. The summed E-state index contributed by atoms with van der Waals surface area (Å²) in [6.45, 7) is 22.7. The Balaban J connectivity index is 2.28. The van der Waals surface area contributed by atoms with Gasteiger partial charge in [0.1, 0.15) is 0 Å². The van der Waals surface area contributed by atoms with Crippen LogP contribution in [-0.4, -0.2) is 33.8 Å². The fourth-order valence-electron chi connectivity index (χ4n) is 3.52. The first-order valence-corrected chi connectivity index (χ1v) is 20.3. The van der Waals surface area contributed by atoms with Gasteiger partial charge >= 0.3 is 17.1 Å². The average Bonchev–Trinajstić information content (AvgIpc) is 2.74. The largest absolute Gasteiger partial charge is 0.429 e. The fourth-order valence-corrected chi connectivity index (χ4v) is 20.4. The van der Waals surface area contributed by atoms with Crippen molar-refractivity contribution in [3.8, 4) is 0 Å². The molecular formula is C23H34O3Si4. The maximum Gasteiger partial charge on any atom is 0.342 e. The van der Waals surface area contributed by atoms with Gasteiger partial charge in [0, 0.05) is 0 Å². The van der Waals surface area contributed by atoms with Crippen molar-refractivity contribution in [3.05, 3.63) is 97.5 Å². The molecule has 7 heteroatoms. The van der Waals surface area contributed by atoms with E-state index in [0.717, 1.165) is 0 Å². The van der Waals surface area contributed by atoms with Crippen molar-refractivity contribution in [1.29, 1.82) is 0 Å². The van der Waals surface area contributed by atoms with Gasteiger partial charge in [0.15, 0.2) is 0 Å². The first kappa shape index (κ1) is 24.7. The number of hydrogen-bond donors (Lipinski definition) is 0. The topological polar surface area (TPSA) is 27.7 Å². The van der Waals surface area contributed by atoms with Crippen molar-refractivity contribution in [2.75, 3.05) is 0 Å². The van der Waals surface area contributed by atoms with Crippen molar-refractivity contribution in [2.45, 2.75) is 32.7 Å². The molecule has 0 saturated heterocycles. The summed E-state index contributed by atoms with van der Waals surface area (Å²) in [6.07, 6.45) is 0. The molecule has 0 spiro atoms. The molecule has 160 valence electrons. The van der Waals surface area contributed by atoms with Crippen LogP contribution in [0, 0.1) is 0 Å². The van der Waals surface area contributed by atoms with Crippen LogP contribution in [0.1, 0.15) is 0 Å². The molecule has 0 radical (unpaired) electrons. The normalized spacial score (nSPS) is 17.8. The van der Waals surface area contributed by atoms with Gasteiger partial charge in [-0.15, -0.1) is 19.7 Å². The summed E-state index contributed by atoms with van der Waals surface area (Å²) in [5.41, 5.74) is 5.79. The molecule has 0 heterocycles. The van der Waals surface area contributed by atoms with Gasteiger partial charge < -0.3 is 12.3 Å². The monoisotopic (exact) mass is 470 g/mol. The molecule has 0 aliphatic carbocycles. The van der Waals surface area contributed by atoms with Crippen molar-refractivity contribution in [2.24, 2.45) is 0 Å². The summed E-state index contributed by atoms with van der Waals surface area (Å²) in [6, 6.07) is 20.6. The van der Waals surface area contributed by atoms with Crippen molar-refractivity contribution in [1.82, 2.24) is 0 Å².